The van der Waals surface area contributed by atoms with E-state index >= 15 is 0 Å². The lowest BCUT2D eigenvalue weighted by Crippen LogP contribution is -2.36. The number of morpholine rings is 1. The van der Waals surface area contributed by atoms with Crippen LogP contribution in [0.15, 0.2) is 67.0 Å². The van der Waals surface area contributed by atoms with Crippen LogP contribution in [0.2, 0.25) is 5.02 Å². The molecule has 2 aromatic carbocycles. The smallest absolute Gasteiger partial charge is 0.253 e. The normalized spacial score (nSPS) is 12.7. The van der Waals surface area contributed by atoms with E-state index in [1.54, 1.807) is 24.4 Å². The Bertz CT molecular complexity index is 966. The summed E-state index contributed by atoms with van der Waals surface area (Å²) < 4.78 is 17.8. The molecule has 1 fully saturated rings. The zero-order chi connectivity index (χ0) is 23.3. The van der Waals surface area contributed by atoms with Crippen molar-refractivity contribution in [2.75, 3.05) is 36.9 Å². The van der Waals surface area contributed by atoms with Crippen molar-refractivity contribution in [2.45, 2.75) is 6.54 Å². The van der Waals surface area contributed by atoms with Crippen LogP contribution in [0.5, 0.6) is 0 Å². The summed E-state index contributed by atoms with van der Waals surface area (Å²) >= 11 is 10.5. The fourth-order valence-corrected chi connectivity index (χ4v) is 3.09. The number of hydrogen-bond donors (Lipinski definition) is 2. The number of benzene rings is 2. The van der Waals surface area contributed by atoms with E-state index < -0.39 is 11.1 Å². The highest BCUT2D eigenvalue weighted by atomic mass is 35.5. The van der Waals surface area contributed by atoms with Crippen LogP contribution in [-0.2, 0) is 11.3 Å². The number of ether oxygens (including phenoxy) is 1. The van der Waals surface area contributed by atoms with Gasteiger partial charge in [-0.25, -0.2) is 4.39 Å². The van der Waals surface area contributed by atoms with Crippen LogP contribution in [0.4, 0.5) is 15.8 Å². The van der Waals surface area contributed by atoms with Crippen molar-refractivity contribution in [1.29, 1.82) is 0 Å². The Kier molecular flexibility index (Phi) is 10.9. The molecule has 1 aliphatic rings. The molecule has 1 saturated heterocycles. The Hall–Kier alpha value is -2.71. The zero-order valence-corrected chi connectivity index (χ0v) is 18.9. The molecule has 0 spiro atoms. The molecule has 0 aliphatic carbocycles. The predicted molar refractivity (Wildman–Crippen MR) is 128 cm³/mol. The second kappa shape index (κ2) is 13.6. The van der Waals surface area contributed by atoms with Gasteiger partial charge in [0.1, 0.15) is 0 Å². The molecule has 0 amide bonds. The van der Waals surface area contributed by atoms with Crippen molar-refractivity contribution in [2.24, 2.45) is 5.73 Å². The molecule has 1 aliphatic heterocycles. The third kappa shape index (κ3) is 8.09. The Balaban J connectivity index is 0.000000178. The highest BCUT2D eigenvalue weighted by molar-refractivity contribution is 6.67. The molecule has 32 heavy (non-hydrogen) atoms. The molecule has 0 bridgehead atoms. The molecule has 1 aromatic heterocycles. The van der Waals surface area contributed by atoms with Crippen LogP contribution in [0, 0.1) is 5.82 Å². The molecule has 170 valence electrons. The van der Waals surface area contributed by atoms with Gasteiger partial charge in [0.15, 0.2) is 5.82 Å². The number of nitrogen functional groups attached to an aromatic ring is 1. The second-order valence-electron chi connectivity index (χ2n) is 6.59. The first-order chi connectivity index (χ1) is 15.4. The van der Waals surface area contributed by atoms with Gasteiger partial charge in [0.25, 0.3) is 5.24 Å². The van der Waals surface area contributed by atoms with Gasteiger partial charge in [0.05, 0.1) is 29.5 Å². The standard InChI is InChI=1S/C11H16N2O.C6H5ClFN.C6H4ClNO/c12-9-10-3-1-2-4-11(10)13-5-7-14-8-6-13;7-4-2-1-3-5(9)6(4)8;7-6(9)5-2-1-3-8-4-5/h1-4H,5-9,12H2;1-3H,9H2;1-4H. The summed E-state index contributed by atoms with van der Waals surface area (Å²) in [7, 11) is 0. The van der Waals surface area contributed by atoms with Gasteiger partial charge in [-0.3, -0.25) is 9.78 Å². The molecule has 4 N–H and O–H groups in total. The topological polar surface area (TPSA) is 94.5 Å². The van der Waals surface area contributed by atoms with E-state index in [9.17, 15) is 9.18 Å². The molecule has 0 atom stereocenters. The summed E-state index contributed by atoms with van der Waals surface area (Å²) in [5, 5.41) is -0.405. The van der Waals surface area contributed by atoms with Crippen LogP contribution in [0.3, 0.4) is 0 Å². The van der Waals surface area contributed by atoms with E-state index in [4.69, 9.17) is 39.4 Å². The maximum Gasteiger partial charge on any atom is 0.253 e. The average molecular weight is 479 g/mol. The van der Waals surface area contributed by atoms with Gasteiger partial charge >= 0.3 is 0 Å². The summed E-state index contributed by atoms with van der Waals surface area (Å²) in [4.78, 5) is 16.4. The third-order valence-corrected chi connectivity index (χ3v) is 4.94. The van der Waals surface area contributed by atoms with Crippen molar-refractivity contribution in [3.8, 4) is 0 Å². The quantitative estimate of drug-likeness (QED) is 0.424. The Morgan fingerprint density at radius 1 is 1.09 bits per heavy atom. The van der Waals surface area contributed by atoms with Crippen molar-refractivity contribution >= 4 is 39.8 Å². The van der Waals surface area contributed by atoms with Gasteiger partial charge in [0.2, 0.25) is 0 Å². The number of pyridine rings is 1. The van der Waals surface area contributed by atoms with E-state index in [2.05, 4.69) is 28.1 Å². The van der Waals surface area contributed by atoms with Gasteiger partial charge in [-0.15, -0.1) is 0 Å². The molecule has 9 heteroatoms. The van der Waals surface area contributed by atoms with E-state index in [1.807, 2.05) is 6.07 Å². The number of halogens is 3. The molecule has 2 heterocycles. The monoisotopic (exact) mass is 478 g/mol. The van der Waals surface area contributed by atoms with Crippen LogP contribution < -0.4 is 16.4 Å². The number of para-hydroxylation sites is 1. The second-order valence-corrected chi connectivity index (χ2v) is 7.34. The Morgan fingerprint density at radius 3 is 2.34 bits per heavy atom. The minimum absolute atomic E-state index is 0.0648. The van der Waals surface area contributed by atoms with E-state index in [0.29, 0.717) is 12.1 Å². The lowest BCUT2D eigenvalue weighted by molar-refractivity contribution is 0.108. The molecular formula is C23H25Cl2FN4O2. The lowest BCUT2D eigenvalue weighted by atomic mass is 10.1. The Labute approximate surface area is 196 Å². The first-order valence-corrected chi connectivity index (χ1v) is 10.6. The fraction of sp³-hybridized carbons (Fsp3) is 0.217. The van der Waals surface area contributed by atoms with Gasteiger partial charge in [-0.2, -0.15) is 0 Å². The first-order valence-electron chi connectivity index (χ1n) is 9.84. The van der Waals surface area contributed by atoms with Gasteiger partial charge < -0.3 is 21.1 Å². The minimum atomic E-state index is -0.542. The lowest BCUT2D eigenvalue weighted by Gasteiger charge is -2.30. The summed E-state index contributed by atoms with van der Waals surface area (Å²) in [6.45, 7) is 4.18. The summed E-state index contributed by atoms with van der Waals surface area (Å²) in [5.74, 6) is -0.542. The fourth-order valence-electron chi connectivity index (χ4n) is 2.80. The van der Waals surface area contributed by atoms with Crippen molar-refractivity contribution in [3.05, 3.63) is 89.0 Å². The number of anilines is 2. The molecule has 3 aromatic rings. The maximum absolute atomic E-state index is 12.5. The predicted octanol–water partition coefficient (Wildman–Crippen LogP) is 4.50. The maximum atomic E-state index is 12.5. The van der Waals surface area contributed by atoms with Crippen LogP contribution in [0.1, 0.15) is 15.9 Å². The van der Waals surface area contributed by atoms with Crippen LogP contribution in [0.25, 0.3) is 0 Å². The van der Waals surface area contributed by atoms with Gasteiger partial charge in [-0.05, 0) is 47.5 Å². The molecule has 6 nitrogen and oxygen atoms in total. The minimum Gasteiger partial charge on any atom is -0.396 e. The van der Waals surface area contributed by atoms with Crippen molar-refractivity contribution in [1.82, 2.24) is 4.98 Å². The van der Waals surface area contributed by atoms with Gasteiger partial charge in [-0.1, -0.05) is 35.9 Å². The van der Waals surface area contributed by atoms with Gasteiger partial charge in [0, 0.05) is 37.7 Å². The number of hydrogen-bond acceptors (Lipinski definition) is 6. The highest BCUT2D eigenvalue weighted by Gasteiger charge is 2.13. The Morgan fingerprint density at radius 2 is 1.81 bits per heavy atom. The number of carbonyl (C=O) groups is 1. The molecule has 0 saturated carbocycles. The SMILES string of the molecule is NCc1ccccc1N1CCOCC1.Nc1cccc(Cl)c1F.O=C(Cl)c1cccnc1. The van der Waals surface area contributed by atoms with Crippen molar-refractivity contribution in [3.63, 3.8) is 0 Å². The van der Waals surface area contributed by atoms with Crippen LogP contribution >= 0.6 is 23.2 Å². The number of aromatic nitrogens is 1. The molecular weight excluding hydrogens is 454 g/mol. The molecule has 0 radical (unpaired) electrons. The summed E-state index contributed by atoms with van der Waals surface area (Å²) in [5.41, 5.74) is 13.9. The van der Waals surface area contributed by atoms with E-state index in [0.717, 1.165) is 26.3 Å². The summed E-state index contributed by atoms with van der Waals surface area (Å²) in [6, 6.07) is 16.1. The van der Waals surface area contributed by atoms with E-state index in [1.165, 1.54) is 29.6 Å². The highest BCUT2D eigenvalue weighted by Crippen LogP contribution is 2.20. The summed E-state index contributed by atoms with van der Waals surface area (Å²) in [6.07, 6.45) is 3.01. The number of nitrogens with two attached hydrogens (primary N) is 2. The number of carbonyl (C=O) groups excluding carboxylic acids is 1. The number of rotatable bonds is 3. The first kappa shape index (κ1) is 25.5. The number of nitrogens with zero attached hydrogens (tertiary/aromatic N) is 2. The largest absolute Gasteiger partial charge is 0.396 e. The van der Waals surface area contributed by atoms with Crippen molar-refractivity contribution < 1.29 is 13.9 Å². The molecule has 4 rings (SSSR count). The molecule has 0 unspecified atom stereocenters. The van der Waals surface area contributed by atoms with E-state index in [-0.39, 0.29) is 10.7 Å². The zero-order valence-electron chi connectivity index (χ0n) is 17.4. The third-order valence-electron chi connectivity index (χ3n) is 4.43. The van der Waals surface area contributed by atoms with Crippen LogP contribution in [-0.4, -0.2) is 36.5 Å². The average Bonchev–Trinajstić information content (AvgIpc) is 2.84.